The SMILES string of the molecule is C/C1=C\[C@@H](C)C/C=C/[C@H]2[C@@H]3O[C@]3(C)[C@@H](C)[C@H]3[C@H](Cc4c[nH]c5ccccc45)NC(=O)[C@]32C(=O)CCC(=O)[C@@H]1O. The van der Waals surface area contributed by atoms with E-state index in [4.69, 9.17) is 4.74 Å². The standard InChI is InChI=1S/C32H38N2O5/c1-17-8-7-10-22-29-31(4,39-29)19(3)27-24(15-20-16-33-23-11-6-5-9-21(20)23)34-30(38)32(22,27)26(36)13-12-25(35)28(37)18(2)14-17/h5-7,9-11,14,16-17,19,22,24,27-29,33,37H,8,12-13,15H2,1-4H3,(H,34,38)/b10-7+,18-14+/t17-,19-,22-,24-,27-,28+,29-,31+,32+/m0/s1. The summed E-state index contributed by atoms with van der Waals surface area (Å²) in [5, 5.41) is 15.0. The van der Waals surface area contributed by atoms with Gasteiger partial charge < -0.3 is 20.1 Å². The molecule has 2 aromatic rings. The van der Waals surface area contributed by atoms with Gasteiger partial charge in [-0.25, -0.2) is 0 Å². The number of hydrogen-bond donors (Lipinski definition) is 3. The number of rotatable bonds is 2. The van der Waals surface area contributed by atoms with Crippen LogP contribution in [0.4, 0.5) is 0 Å². The molecule has 0 radical (unpaired) electrons. The third-order valence-corrected chi connectivity index (χ3v) is 10.1. The first kappa shape index (κ1) is 26.2. The van der Waals surface area contributed by atoms with Gasteiger partial charge in [0.2, 0.25) is 5.91 Å². The maximum absolute atomic E-state index is 14.3. The van der Waals surface area contributed by atoms with Crippen LogP contribution in [0.5, 0.6) is 0 Å². The van der Waals surface area contributed by atoms with Crippen LogP contribution in [0.2, 0.25) is 0 Å². The average molecular weight is 531 g/mol. The number of aromatic amines is 1. The predicted octanol–water partition coefficient (Wildman–Crippen LogP) is 4.06. The van der Waals surface area contributed by atoms with Crippen molar-refractivity contribution in [2.24, 2.45) is 29.1 Å². The molecule has 3 heterocycles. The highest BCUT2D eigenvalue weighted by molar-refractivity contribution is 6.10. The lowest BCUT2D eigenvalue weighted by Gasteiger charge is -2.46. The van der Waals surface area contributed by atoms with E-state index in [1.54, 1.807) is 6.92 Å². The minimum Gasteiger partial charge on any atom is -0.381 e. The minimum atomic E-state index is -1.32. The zero-order valence-corrected chi connectivity index (χ0v) is 23.1. The third kappa shape index (κ3) is 3.88. The monoisotopic (exact) mass is 530 g/mol. The number of ketones is 2. The molecule has 7 nitrogen and oxygen atoms in total. The molecule has 7 heteroatoms. The van der Waals surface area contributed by atoms with E-state index < -0.39 is 23.0 Å². The molecule has 2 aliphatic carbocycles. The predicted molar refractivity (Wildman–Crippen MR) is 148 cm³/mol. The van der Waals surface area contributed by atoms with Crippen LogP contribution >= 0.6 is 0 Å². The van der Waals surface area contributed by atoms with Crippen molar-refractivity contribution in [1.82, 2.24) is 10.3 Å². The molecule has 206 valence electrons. The van der Waals surface area contributed by atoms with Gasteiger partial charge in [0.25, 0.3) is 0 Å². The fourth-order valence-corrected chi connectivity index (χ4v) is 7.94. The van der Waals surface area contributed by atoms with Crippen molar-refractivity contribution < 1.29 is 24.2 Å². The van der Waals surface area contributed by atoms with E-state index >= 15 is 0 Å². The van der Waals surface area contributed by atoms with E-state index in [0.717, 1.165) is 16.5 Å². The Kier molecular flexibility index (Phi) is 6.23. The summed E-state index contributed by atoms with van der Waals surface area (Å²) < 4.78 is 6.35. The molecule has 39 heavy (non-hydrogen) atoms. The summed E-state index contributed by atoms with van der Waals surface area (Å²) in [5.74, 6) is -1.54. The third-order valence-electron chi connectivity index (χ3n) is 10.1. The second kappa shape index (κ2) is 9.27. The van der Waals surface area contributed by atoms with E-state index in [1.165, 1.54) is 0 Å². The molecule has 6 rings (SSSR count). The van der Waals surface area contributed by atoms with Gasteiger partial charge in [-0.15, -0.1) is 0 Å². The number of aromatic nitrogens is 1. The number of aliphatic hydroxyl groups is 1. The maximum atomic E-state index is 14.3. The Balaban J connectivity index is 1.43. The quantitative estimate of drug-likeness (QED) is 0.308. The van der Waals surface area contributed by atoms with Gasteiger partial charge >= 0.3 is 0 Å². The van der Waals surface area contributed by atoms with Gasteiger partial charge in [-0.2, -0.15) is 0 Å². The van der Waals surface area contributed by atoms with Crippen molar-refractivity contribution in [3.63, 3.8) is 0 Å². The minimum absolute atomic E-state index is 0.0509. The molecule has 1 amide bonds. The lowest BCUT2D eigenvalue weighted by atomic mass is 9.51. The molecular formula is C32H38N2O5. The summed E-state index contributed by atoms with van der Waals surface area (Å²) in [7, 11) is 0. The molecular weight excluding hydrogens is 492 g/mol. The molecule has 1 aromatic heterocycles. The largest absolute Gasteiger partial charge is 0.381 e. The van der Waals surface area contributed by atoms with Crippen LogP contribution in [0, 0.1) is 29.1 Å². The summed E-state index contributed by atoms with van der Waals surface area (Å²) in [5.41, 5.74) is 0.997. The summed E-state index contributed by atoms with van der Waals surface area (Å²) in [6.45, 7) is 8.00. The Bertz CT molecular complexity index is 1410. The molecule has 1 saturated carbocycles. The van der Waals surface area contributed by atoms with Crippen molar-refractivity contribution in [3.05, 3.63) is 59.8 Å². The Morgan fingerprint density at radius 1 is 1.13 bits per heavy atom. The second-order valence-corrected chi connectivity index (χ2v) is 12.4. The summed E-state index contributed by atoms with van der Waals surface area (Å²) in [6, 6.07) is 7.84. The number of carbonyl (C=O) groups excluding carboxylic acids is 3. The topological polar surface area (TPSA) is 112 Å². The zero-order chi connectivity index (χ0) is 27.7. The van der Waals surface area contributed by atoms with Crippen LogP contribution in [0.3, 0.4) is 0 Å². The Morgan fingerprint density at radius 3 is 2.69 bits per heavy atom. The molecule has 1 spiro atoms. The molecule has 3 N–H and O–H groups in total. The number of aliphatic hydroxyl groups excluding tert-OH is 1. The fourth-order valence-electron chi connectivity index (χ4n) is 7.94. The van der Waals surface area contributed by atoms with E-state index in [9.17, 15) is 19.5 Å². The summed E-state index contributed by atoms with van der Waals surface area (Å²) >= 11 is 0. The smallest absolute Gasteiger partial charge is 0.235 e. The first-order valence-corrected chi connectivity index (χ1v) is 14.2. The van der Waals surface area contributed by atoms with E-state index in [2.05, 4.69) is 36.3 Å². The average Bonchev–Trinajstić information content (AvgIpc) is 3.31. The molecule has 4 aliphatic rings. The number of ether oxygens (including phenoxy) is 1. The van der Waals surface area contributed by atoms with E-state index in [1.807, 2.05) is 43.5 Å². The molecule has 3 fully saturated rings. The second-order valence-electron chi connectivity index (χ2n) is 12.4. The van der Waals surface area contributed by atoms with Crippen LogP contribution in [0.15, 0.2) is 54.3 Å². The van der Waals surface area contributed by atoms with Gasteiger partial charge in [-0.3, -0.25) is 14.4 Å². The number of nitrogens with one attached hydrogen (secondary N) is 2. The highest BCUT2D eigenvalue weighted by atomic mass is 16.6. The number of carbonyl (C=O) groups is 3. The Labute approximate surface area is 229 Å². The Morgan fingerprint density at radius 2 is 1.90 bits per heavy atom. The van der Waals surface area contributed by atoms with E-state index in [0.29, 0.717) is 18.4 Å². The number of benzene rings is 1. The van der Waals surface area contributed by atoms with Crippen LogP contribution in [-0.4, -0.2) is 51.4 Å². The lowest BCUT2D eigenvalue weighted by molar-refractivity contribution is -0.149. The fraction of sp³-hybridized carbons (Fsp3) is 0.531. The molecule has 0 unspecified atom stereocenters. The van der Waals surface area contributed by atoms with Crippen molar-refractivity contribution in [1.29, 1.82) is 0 Å². The number of hydrogen-bond acceptors (Lipinski definition) is 5. The lowest BCUT2D eigenvalue weighted by Crippen LogP contribution is -2.58. The molecule has 9 atom stereocenters. The van der Waals surface area contributed by atoms with E-state index in [-0.39, 0.29) is 60.2 Å². The zero-order valence-electron chi connectivity index (χ0n) is 23.1. The number of Topliss-reactive ketones (excluding diaryl/α,β-unsaturated/α-hetero) is 2. The highest BCUT2D eigenvalue weighted by Crippen LogP contribution is 2.66. The van der Waals surface area contributed by atoms with Gasteiger partial charge in [-0.05, 0) is 55.7 Å². The van der Waals surface area contributed by atoms with Gasteiger partial charge in [0.15, 0.2) is 5.78 Å². The van der Waals surface area contributed by atoms with Crippen LogP contribution in [0.25, 0.3) is 10.9 Å². The van der Waals surface area contributed by atoms with Crippen molar-refractivity contribution in [2.75, 3.05) is 0 Å². The number of fused-ring (bicyclic) bond motifs is 3. The van der Waals surface area contributed by atoms with Crippen LogP contribution in [-0.2, 0) is 25.5 Å². The van der Waals surface area contributed by atoms with Crippen LogP contribution < -0.4 is 5.32 Å². The number of epoxide rings is 1. The highest BCUT2D eigenvalue weighted by Gasteiger charge is 2.78. The Hall–Kier alpha value is -3.03. The molecule has 0 bridgehead atoms. The molecule has 2 aliphatic heterocycles. The van der Waals surface area contributed by atoms with Crippen molar-refractivity contribution in [2.45, 2.75) is 77.2 Å². The molecule has 1 aromatic carbocycles. The summed E-state index contributed by atoms with van der Waals surface area (Å²) in [6.07, 6.45) is 7.62. The summed E-state index contributed by atoms with van der Waals surface area (Å²) in [4.78, 5) is 44.7. The van der Waals surface area contributed by atoms with Crippen molar-refractivity contribution in [3.8, 4) is 0 Å². The first-order chi connectivity index (χ1) is 18.6. The van der Waals surface area contributed by atoms with Crippen molar-refractivity contribution >= 4 is 28.4 Å². The normalized spacial score (nSPS) is 42.6. The van der Waals surface area contributed by atoms with Gasteiger partial charge in [0.05, 0.1) is 11.7 Å². The number of H-pyrrole nitrogens is 1. The number of para-hydroxylation sites is 1. The first-order valence-electron chi connectivity index (χ1n) is 14.2. The maximum Gasteiger partial charge on any atom is 0.235 e. The van der Waals surface area contributed by atoms with Gasteiger partial charge in [0.1, 0.15) is 17.3 Å². The van der Waals surface area contributed by atoms with Gasteiger partial charge in [0, 0.05) is 47.8 Å². The number of amides is 1. The number of allylic oxidation sites excluding steroid dienone is 2. The van der Waals surface area contributed by atoms with Gasteiger partial charge in [-0.1, -0.05) is 50.3 Å². The molecule has 2 saturated heterocycles. The van der Waals surface area contributed by atoms with Crippen LogP contribution in [0.1, 0.15) is 52.5 Å².